The summed E-state index contributed by atoms with van der Waals surface area (Å²) in [5.74, 6) is 1.40. The quantitative estimate of drug-likeness (QED) is 0.840. The zero-order valence-corrected chi connectivity index (χ0v) is 10.1. The van der Waals surface area contributed by atoms with E-state index in [-0.39, 0.29) is 0 Å². The summed E-state index contributed by atoms with van der Waals surface area (Å²) >= 11 is 0. The molecule has 2 rings (SSSR count). The molecule has 0 aliphatic carbocycles. The van der Waals surface area contributed by atoms with Crippen molar-refractivity contribution in [2.24, 2.45) is 5.73 Å². The van der Waals surface area contributed by atoms with Gasteiger partial charge in [-0.15, -0.1) is 0 Å². The van der Waals surface area contributed by atoms with E-state index in [2.05, 4.69) is 24.0 Å². The van der Waals surface area contributed by atoms with E-state index in [9.17, 15) is 0 Å². The van der Waals surface area contributed by atoms with Gasteiger partial charge in [-0.25, -0.2) is 0 Å². The Hall–Kier alpha value is -1.06. The van der Waals surface area contributed by atoms with Crippen LogP contribution in [-0.4, -0.2) is 31.6 Å². The first-order valence-electron chi connectivity index (χ1n) is 5.87. The van der Waals surface area contributed by atoms with Crippen LogP contribution in [0.15, 0.2) is 18.2 Å². The number of nitrogens with two attached hydrogens (primary N) is 1. The van der Waals surface area contributed by atoms with Crippen molar-refractivity contribution in [3.05, 3.63) is 29.3 Å². The SMILES string of the molecule is CCN1Cc2cc(OC)ccc2C(CN)C1. The van der Waals surface area contributed by atoms with Gasteiger partial charge in [-0.2, -0.15) is 0 Å². The highest BCUT2D eigenvalue weighted by molar-refractivity contribution is 5.39. The van der Waals surface area contributed by atoms with Gasteiger partial charge in [-0.05, 0) is 29.8 Å². The Bertz CT molecular complexity index is 365. The minimum absolute atomic E-state index is 0.467. The van der Waals surface area contributed by atoms with Crippen LogP contribution in [0.2, 0.25) is 0 Å². The number of benzene rings is 1. The maximum absolute atomic E-state index is 5.85. The lowest BCUT2D eigenvalue weighted by atomic mass is 9.89. The second kappa shape index (κ2) is 4.85. The van der Waals surface area contributed by atoms with E-state index in [1.54, 1.807) is 7.11 Å². The molecule has 0 bridgehead atoms. The Labute approximate surface area is 97.2 Å². The lowest BCUT2D eigenvalue weighted by molar-refractivity contribution is 0.243. The molecule has 1 aromatic rings. The van der Waals surface area contributed by atoms with Gasteiger partial charge in [-0.3, -0.25) is 4.90 Å². The van der Waals surface area contributed by atoms with Crippen LogP contribution in [0.4, 0.5) is 0 Å². The van der Waals surface area contributed by atoms with Crippen molar-refractivity contribution in [1.29, 1.82) is 0 Å². The number of rotatable bonds is 3. The number of methoxy groups -OCH3 is 1. The molecule has 1 atom stereocenters. The number of hydrogen-bond donors (Lipinski definition) is 1. The molecule has 3 heteroatoms. The van der Waals surface area contributed by atoms with Gasteiger partial charge >= 0.3 is 0 Å². The van der Waals surface area contributed by atoms with Crippen LogP contribution in [0, 0.1) is 0 Å². The first kappa shape index (κ1) is 11.4. The van der Waals surface area contributed by atoms with E-state index in [4.69, 9.17) is 10.5 Å². The van der Waals surface area contributed by atoms with Crippen LogP contribution in [0.25, 0.3) is 0 Å². The minimum Gasteiger partial charge on any atom is -0.497 e. The standard InChI is InChI=1S/C13H20N2O/c1-3-15-8-10-6-12(16-2)4-5-13(10)11(7-14)9-15/h4-6,11H,3,7-9,14H2,1-2H3. The summed E-state index contributed by atoms with van der Waals surface area (Å²) in [6, 6.07) is 6.33. The average Bonchev–Trinajstić information content (AvgIpc) is 2.36. The zero-order chi connectivity index (χ0) is 11.5. The van der Waals surface area contributed by atoms with Gasteiger partial charge in [0.1, 0.15) is 5.75 Å². The van der Waals surface area contributed by atoms with Gasteiger partial charge in [0.25, 0.3) is 0 Å². The molecule has 16 heavy (non-hydrogen) atoms. The van der Waals surface area contributed by atoms with Gasteiger partial charge < -0.3 is 10.5 Å². The molecule has 0 aromatic heterocycles. The summed E-state index contributed by atoms with van der Waals surface area (Å²) in [6.45, 7) is 6.08. The monoisotopic (exact) mass is 220 g/mol. The predicted octanol–water partition coefficient (Wildman–Crippen LogP) is 1.57. The fraction of sp³-hybridized carbons (Fsp3) is 0.538. The molecule has 3 nitrogen and oxygen atoms in total. The van der Waals surface area contributed by atoms with Gasteiger partial charge in [0.05, 0.1) is 7.11 Å². The number of ether oxygens (including phenoxy) is 1. The summed E-state index contributed by atoms with van der Waals surface area (Å²) in [5, 5.41) is 0. The summed E-state index contributed by atoms with van der Waals surface area (Å²) in [4.78, 5) is 2.43. The summed E-state index contributed by atoms with van der Waals surface area (Å²) in [5.41, 5.74) is 8.61. The molecule has 0 saturated heterocycles. The van der Waals surface area contributed by atoms with Crippen molar-refractivity contribution < 1.29 is 4.74 Å². The molecule has 1 aliphatic heterocycles. The lowest BCUT2D eigenvalue weighted by Crippen LogP contribution is -2.36. The van der Waals surface area contributed by atoms with Gasteiger partial charge in [0.2, 0.25) is 0 Å². The fourth-order valence-corrected chi connectivity index (χ4v) is 2.40. The van der Waals surface area contributed by atoms with Gasteiger partial charge in [0.15, 0.2) is 0 Å². The summed E-state index contributed by atoms with van der Waals surface area (Å²) < 4.78 is 5.27. The molecule has 88 valence electrons. The van der Waals surface area contributed by atoms with Crippen molar-refractivity contribution in [3.63, 3.8) is 0 Å². The third kappa shape index (κ3) is 2.06. The van der Waals surface area contributed by atoms with Crippen LogP contribution >= 0.6 is 0 Å². The van der Waals surface area contributed by atoms with Gasteiger partial charge in [0, 0.05) is 25.6 Å². The van der Waals surface area contributed by atoms with Crippen molar-refractivity contribution >= 4 is 0 Å². The Morgan fingerprint density at radius 1 is 1.50 bits per heavy atom. The third-order valence-electron chi connectivity index (χ3n) is 3.39. The van der Waals surface area contributed by atoms with Crippen LogP contribution in [-0.2, 0) is 6.54 Å². The first-order valence-corrected chi connectivity index (χ1v) is 5.87. The van der Waals surface area contributed by atoms with E-state index in [1.807, 2.05) is 6.07 Å². The lowest BCUT2D eigenvalue weighted by Gasteiger charge is -2.33. The number of hydrogen-bond acceptors (Lipinski definition) is 3. The molecule has 0 radical (unpaired) electrons. The topological polar surface area (TPSA) is 38.5 Å². The molecular weight excluding hydrogens is 200 g/mol. The van der Waals surface area contributed by atoms with Crippen LogP contribution in [0.3, 0.4) is 0 Å². The fourth-order valence-electron chi connectivity index (χ4n) is 2.40. The number of fused-ring (bicyclic) bond motifs is 1. The molecule has 0 amide bonds. The van der Waals surface area contributed by atoms with Crippen molar-refractivity contribution in [2.75, 3.05) is 26.7 Å². The molecule has 2 N–H and O–H groups in total. The Morgan fingerprint density at radius 2 is 2.31 bits per heavy atom. The molecule has 0 spiro atoms. The highest BCUT2D eigenvalue weighted by Crippen LogP contribution is 2.30. The highest BCUT2D eigenvalue weighted by atomic mass is 16.5. The molecule has 0 saturated carbocycles. The summed E-state index contributed by atoms with van der Waals surface area (Å²) in [6.07, 6.45) is 0. The minimum atomic E-state index is 0.467. The second-order valence-corrected chi connectivity index (χ2v) is 4.33. The van der Waals surface area contributed by atoms with E-state index < -0.39 is 0 Å². The van der Waals surface area contributed by atoms with E-state index in [0.29, 0.717) is 5.92 Å². The zero-order valence-electron chi connectivity index (χ0n) is 10.1. The maximum atomic E-state index is 5.85. The second-order valence-electron chi connectivity index (χ2n) is 4.33. The number of likely N-dealkylation sites (N-methyl/N-ethyl adjacent to an activating group) is 1. The first-order chi connectivity index (χ1) is 7.78. The molecule has 1 heterocycles. The summed E-state index contributed by atoms with van der Waals surface area (Å²) in [7, 11) is 1.71. The van der Waals surface area contributed by atoms with Crippen molar-refractivity contribution in [3.8, 4) is 5.75 Å². The molecule has 1 unspecified atom stereocenters. The molecule has 1 aliphatic rings. The van der Waals surface area contributed by atoms with E-state index in [1.165, 1.54) is 11.1 Å². The van der Waals surface area contributed by atoms with E-state index in [0.717, 1.165) is 31.9 Å². The van der Waals surface area contributed by atoms with Gasteiger partial charge in [-0.1, -0.05) is 13.0 Å². The maximum Gasteiger partial charge on any atom is 0.119 e. The van der Waals surface area contributed by atoms with Crippen molar-refractivity contribution in [2.45, 2.75) is 19.4 Å². The number of nitrogens with zero attached hydrogens (tertiary/aromatic N) is 1. The smallest absolute Gasteiger partial charge is 0.119 e. The van der Waals surface area contributed by atoms with Crippen LogP contribution in [0.1, 0.15) is 24.0 Å². The third-order valence-corrected chi connectivity index (χ3v) is 3.39. The average molecular weight is 220 g/mol. The van der Waals surface area contributed by atoms with Crippen LogP contribution < -0.4 is 10.5 Å². The molecular formula is C13H20N2O. The van der Waals surface area contributed by atoms with Crippen LogP contribution in [0.5, 0.6) is 5.75 Å². The Balaban J connectivity index is 2.33. The molecule has 1 aromatic carbocycles. The highest BCUT2D eigenvalue weighted by Gasteiger charge is 2.23. The normalized spacial score (nSPS) is 20.6. The Morgan fingerprint density at radius 3 is 2.94 bits per heavy atom. The predicted molar refractivity (Wildman–Crippen MR) is 65.7 cm³/mol. The van der Waals surface area contributed by atoms with Crippen molar-refractivity contribution in [1.82, 2.24) is 4.90 Å². The Kier molecular flexibility index (Phi) is 3.46. The van der Waals surface area contributed by atoms with E-state index >= 15 is 0 Å². The molecule has 0 fully saturated rings. The largest absolute Gasteiger partial charge is 0.497 e.